The van der Waals surface area contributed by atoms with Crippen LogP contribution in [0.25, 0.3) is 11.4 Å². The van der Waals surface area contributed by atoms with Gasteiger partial charge in [-0.3, -0.25) is 0 Å². The van der Waals surface area contributed by atoms with Crippen LogP contribution in [0.15, 0.2) is 47.4 Å². The van der Waals surface area contributed by atoms with E-state index in [1.165, 1.54) is 9.36 Å². The van der Waals surface area contributed by atoms with Crippen LogP contribution < -0.4 is 15.2 Å². The average Bonchev–Trinajstić information content (AvgIpc) is 3.33. The molecule has 31 heavy (non-hydrogen) atoms. The molecular weight excluding hydrogens is 396 g/mol. The molecule has 9 heteroatoms. The molecule has 2 aromatic carbocycles. The molecule has 0 unspecified atom stereocenters. The van der Waals surface area contributed by atoms with Crippen molar-refractivity contribution in [2.24, 2.45) is 7.05 Å². The second-order valence-corrected chi connectivity index (χ2v) is 7.35. The van der Waals surface area contributed by atoms with Crippen molar-refractivity contribution in [3.8, 4) is 22.9 Å². The third-order valence-electron chi connectivity index (χ3n) is 5.11. The monoisotopic (exact) mass is 420 g/mol. The first-order valence-corrected chi connectivity index (χ1v) is 9.81. The van der Waals surface area contributed by atoms with Gasteiger partial charge in [-0.1, -0.05) is 6.07 Å². The summed E-state index contributed by atoms with van der Waals surface area (Å²) in [6.07, 6.45) is 1.94. The van der Waals surface area contributed by atoms with E-state index < -0.39 is 0 Å². The highest BCUT2D eigenvalue weighted by Gasteiger charge is 2.17. The van der Waals surface area contributed by atoms with Crippen molar-refractivity contribution >= 4 is 0 Å². The van der Waals surface area contributed by atoms with Crippen molar-refractivity contribution in [1.82, 2.24) is 29.6 Å². The molecule has 0 aliphatic rings. The van der Waals surface area contributed by atoms with E-state index in [4.69, 9.17) is 9.47 Å². The van der Waals surface area contributed by atoms with E-state index in [1.54, 1.807) is 26.3 Å². The number of methoxy groups -OCH3 is 1. The van der Waals surface area contributed by atoms with Crippen LogP contribution in [0.2, 0.25) is 0 Å². The van der Waals surface area contributed by atoms with Crippen molar-refractivity contribution in [2.45, 2.75) is 27.4 Å². The summed E-state index contributed by atoms with van der Waals surface area (Å²) in [5.41, 5.74) is 4.89. The Morgan fingerprint density at radius 3 is 2.42 bits per heavy atom. The van der Waals surface area contributed by atoms with Crippen LogP contribution in [0.5, 0.6) is 11.5 Å². The van der Waals surface area contributed by atoms with Crippen molar-refractivity contribution in [3.05, 3.63) is 75.5 Å². The maximum absolute atomic E-state index is 12.4. The smallest absolute Gasteiger partial charge is 0.368 e. The van der Waals surface area contributed by atoms with Gasteiger partial charge >= 0.3 is 5.69 Å². The molecule has 0 saturated carbocycles. The van der Waals surface area contributed by atoms with Crippen LogP contribution >= 0.6 is 0 Å². The normalized spacial score (nSPS) is 11.0. The first kappa shape index (κ1) is 20.4. The standard InChI is InChI=1S/C22H24N6O3/c1-14-12-21(15(2)11-19(14)27-10-9-16(3)23-27)31-13-17-18(7-6-8-20(17)30-5)28-22(29)26(4)24-25-28/h6-12H,13H2,1-5H3. The Morgan fingerprint density at radius 1 is 0.968 bits per heavy atom. The summed E-state index contributed by atoms with van der Waals surface area (Å²) in [4.78, 5) is 12.4. The van der Waals surface area contributed by atoms with E-state index in [0.29, 0.717) is 17.0 Å². The molecule has 0 aliphatic carbocycles. The number of hydrogen-bond donors (Lipinski definition) is 0. The number of tetrazole rings is 1. The lowest BCUT2D eigenvalue weighted by Gasteiger charge is -2.16. The summed E-state index contributed by atoms with van der Waals surface area (Å²) in [5.74, 6) is 1.35. The molecular formula is C22H24N6O3. The van der Waals surface area contributed by atoms with Gasteiger partial charge in [-0.2, -0.15) is 14.5 Å². The maximum Gasteiger partial charge on any atom is 0.368 e. The molecule has 0 saturated heterocycles. The van der Waals surface area contributed by atoms with Gasteiger partial charge < -0.3 is 9.47 Å². The summed E-state index contributed by atoms with van der Waals surface area (Å²) < 4.78 is 16.0. The van der Waals surface area contributed by atoms with Gasteiger partial charge in [0.25, 0.3) is 0 Å². The van der Waals surface area contributed by atoms with Gasteiger partial charge in [0.05, 0.1) is 29.7 Å². The quantitative estimate of drug-likeness (QED) is 0.476. The molecule has 4 aromatic rings. The molecule has 9 nitrogen and oxygen atoms in total. The van der Waals surface area contributed by atoms with E-state index in [1.807, 2.05) is 55.9 Å². The fourth-order valence-electron chi connectivity index (χ4n) is 3.43. The number of aromatic nitrogens is 6. The van der Waals surface area contributed by atoms with Gasteiger partial charge in [-0.25, -0.2) is 9.48 Å². The summed E-state index contributed by atoms with van der Waals surface area (Å²) >= 11 is 0. The highest BCUT2D eigenvalue weighted by Crippen LogP contribution is 2.29. The van der Waals surface area contributed by atoms with Crippen LogP contribution in [-0.4, -0.2) is 36.7 Å². The molecule has 0 amide bonds. The van der Waals surface area contributed by atoms with Gasteiger partial charge in [0.2, 0.25) is 0 Å². The second kappa shape index (κ2) is 8.10. The molecule has 4 rings (SSSR count). The minimum Gasteiger partial charge on any atom is -0.496 e. The predicted octanol–water partition coefficient (Wildman–Crippen LogP) is 2.66. The maximum atomic E-state index is 12.4. The summed E-state index contributed by atoms with van der Waals surface area (Å²) in [5, 5.41) is 12.2. The fourth-order valence-corrected chi connectivity index (χ4v) is 3.43. The van der Waals surface area contributed by atoms with Crippen molar-refractivity contribution < 1.29 is 9.47 Å². The molecule has 0 bridgehead atoms. The van der Waals surface area contributed by atoms with Crippen molar-refractivity contribution in [3.63, 3.8) is 0 Å². The second-order valence-electron chi connectivity index (χ2n) is 7.35. The van der Waals surface area contributed by atoms with E-state index in [0.717, 1.165) is 28.3 Å². The van der Waals surface area contributed by atoms with Crippen LogP contribution in [-0.2, 0) is 13.7 Å². The molecule has 160 valence electrons. The Bertz CT molecular complexity index is 1300. The average molecular weight is 420 g/mol. The summed E-state index contributed by atoms with van der Waals surface area (Å²) in [7, 11) is 3.13. The lowest BCUT2D eigenvalue weighted by molar-refractivity contribution is 0.294. The van der Waals surface area contributed by atoms with Gasteiger partial charge in [-0.15, -0.1) is 0 Å². The van der Waals surface area contributed by atoms with Gasteiger partial charge in [0, 0.05) is 13.2 Å². The third-order valence-corrected chi connectivity index (χ3v) is 5.11. The van der Waals surface area contributed by atoms with Crippen LogP contribution in [0, 0.1) is 20.8 Å². The molecule has 0 atom stereocenters. The van der Waals surface area contributed by atoms with Gasteiger partial charge in [-0.05, 0) is 72.7 Å². The zero-order valence-electron chi connectivity index (χ0n) is 18.2. The largest absolute Gasteiger partial charge is 0.496 e. The SMILES string of the molecule is COc1cccc(-n2nnn(C)c2=O)c1COc1cc(C)c(-n2ccc(C)n2)cc1C. The summed E-state index contributed by atoms with van der Waals surface area (Å²) in [6, 6.07) is 11.4. The Kier molecular flexibility index (Phi) is 5.33. The Labute approximate surface area is 179 Å². The first-order chi connectivity index (χ1) is 14.9. The first-order valence-electron chi connectivity index (χ1n) is 9.81. The molecule has 0 N–H and O–H groups in total. The van der Waals surface area contributed by atoms with Crippen molar-refractivity contribution in [2.75, 3.05) is 7.11 Å². The van der Waals surface area contributed by atoms with Crippen LogP contribution in [0.1, 0.15) is 22.4 Å². The Morgan fingerprint density at radius 2 is 1.77 bits per heavy atom. The lowest BCUT2D eigenvalue weighted by atomic mass is 10.1. The van der Waals surface area contributed by atoms with Gasteiger partial charge in [0.1, 0.15) is 18.1 Å². The van der Waals surface area contributed by atoms with E-state index in [-0.39, 0.29) is 12.3 Å². The molecule has 0 aliphatic heterocycles. The summed E-state index contributed by atoms with van der Waals surface area (Å²) in [6.45, 7) is 6.17. The number of rotatable bonds is 6. The Balaban J connectivity index is 1.68. The minimum atomic E-state index is -0.347. The van der Waals surface area contributed by atoms with Crippen molar-refractivity contribution in [1.29, 1.82) is 0 Å². The fraction of sp³-hybridized carbons (Fsp3) is 0.273. The van der Waals surface area contributed by atoms with E-state index in [9.17, 15) is 4.79 Å². The highest BCUT2D eigenvalue weighted by atomic mass is 16.5. The lowest BCUT2D eigenvalue weighted by Crippen LogP contribution is -2.23. The molecule has 0 fully saturated rings. The van der Waals surface area contributed by atoms with Crippen LogP contribution in [0.4, 0.5) is 0 Å². The molecule has 0 spiro atoms. The molecule has 2 heterocycles. The predicted molar refractivity (Wildman–Crippen MR) is 115 cm³/mol. The molecule has 2 aromatic heterocycles. The zero-order valence-corrected chi connectivity index (χ0v) is 18.2. The van der Waals surface area contributed by atoms with Gasteiger partial charge in [0.15, 0.2) is 0 Å². The number of aryl methyl sites for hydroxylation is 4. The van der Waals surface area contributed by atoms with Crippen LogP contribution in [0.3, 0.4) is 0 Å². The zero-order chi connectivity index (χ0) is 22.1. The number of hydrogen-bond acceptors (Lipinski definition) is 6. The Hall–Kier alpha value is -3.88. The molecule has 0 radical (unpaired) electrons. The topological polar surface area (TPSA) is 89.0 Å². The van der Waals surface area contributed by atoms with E-state index in [2.05, 4.69) is 15.5 Å². The number of ether oxygens (including phenoxy) is 2. The highest BCUT2D eigenvalue weighted by molar-refractivity contribution is 5.51. The minimum absolute atomic E-state index is 0.197. The number of benzene rings is 2. The third kappa shape index (κ3) is 3.81. The number of nitrogens with zero attached hydrogens (tertiary/aromatic N) is 6. The van der Waals surface area contributed by atoms with E-state index >= 15 is 0 Å².